The molecule has 2 atom stereocenters. The van der Waals surface area contributed by atoms with Gasteiger partial charge in [-0.25, -0.2) is 0 Å². The van der Waals surface area contributed by atoms with Crippen LogP contribution in [0.15, 0.2) is 60.7 Å². The van der Waals surface area contributed by atoms with Crippen LogP contribution in [0.25, 0.3) is 0 Å². The first-order valence-electron chi connectivity index (χ1n) is 11.8. The molecule has 0 bridgehead atoms. The molecule has 1 fully saturated rings. The Kier molecular flexibility index (Phi) is 17.4. The fourth-order valence-corrected chi connectivity index (χ4v) is 3.08. The van der Waals surface area contributed by atoms with Crippen LogP contribution < -0.4 is 10.9 Å². The van der Waals surface area contributed by atoms with Crippen molar-refractivity contribution < 1.29 is 39.8 Å². The number of unbranched alkanes of at least 4 members (excludes halogenated alkanes) is 2. The second kappa shape index (κ2) is 19.5. The van der Waals surface area contributed by atoms with Crippen molar-refractivity contribution in [2.75, 3.05) is 26.4 Å². The van der Waals surface area contributed by atoms with Crippen LogP contribution in [0.2, 0.25) is 0 Å². The Morgan fingerprint density at radius 3 is 1.97 bits per heavy atom. The Balaban J connectivity index is 0.000000276. The molecule has 188 valence electrons. The lowest BCUT2D eigenvalue weighted by molar-refractivity contribution is 0.0848. The van der Waals surface area contributed by atoms with Gasteiger partial charge in [0.2, 0.25) is 0 Å². The van der Waals surface area contributed by atoms with Gasteiger partial charge in [-0.15, -0.1) is 0 Å². The number of hydrogen-bond acceptors (Lipinski definition) is 8. The molecule has 1 heterocycles. The summed E-state index contributed by atoms with van der Waals surface area (Å²) < 4.78 is 11.4. The molecule has 0 saturated carbocycles. The van der Waals surface area contributed by atoms with Gasteiger partial charge in [0.15, 0.2) is 0 Å². The van der Waals surface area contributed by atoms with Crippen LogP contribution in [0.1, 0.15) is 38.5 Å². The van der Waals surface area contributed by atoms with E-state index in [-0.39, 0.29) is 33.0 Å². The van der Waals surface area contributed by atoms with Gasteiger partial charge in [0.05, 0.1) is 25.4 Å². The Morgan fingerprint density at radius 1 is 0.853 bits per heavy atom. The first kappa shape index (κ1) is 30.3. The summed E-state index contributed by atoms with van der Waals surface area (Å²) in [5.41, 5.74) is 1.60. The lowest BCUT2D eigenvalue weighted by Gasteiger charge is -2.08. The monoisotopic (exact) mass is 476 g/mol. The Bertz CT molecular complexity index is 709. The summed E-state index contributed by atoms with van der Waals surface area (Å²) in [5, 5.41) is 51.2. The molecule has 0 radical (unpaired) electrons. The van der Waals surface area contributed by atoms with Gasteiger partial charge < -0.3 is 39.8 Å². The molecule has 1 aliphatic rings. The highest BCUT2D eigenvalue weighted by Crippen LogP contribution is 2.14. The van der Waals surface area contributed by atoms with E-state index in [0.717, 1.165) is 31.1 Å². The van der Waals surface area contributed by atoms with Crippen LogP contribution in [0, 0.1) is 0 Å². The van der Waals surface area contributed by atoms with Gasteiger partial charge in [-0.2, -0.15) is 0 Å². The Morgan fingerprint density at radius 2 is 1.44 bits per heavy atom. The zero-order valence-corrected chi connectivity index (χ0v) is 19.7. The van der Waals surface area contributed by atoms with Gasteiger partial charge >= 0.3 is 14.2 Å². The summed E-state index contributed by atoms with van der Waals surface area (Å²) >= 11 is 0. The van der Waals surface area contributed by atoms with Crippen LogP contribution >= 0.6 is 0 Å². The van der Waals surface area contributed by atoms with Crippen molar-refractivity contribution in [2.24, 2.45) is 0 Å². The maximum absolute atomic E-state index is 8.75. The zero-order chi connectivity index (χ0) is 25.0. The first-order valence-corrected chi connectivity index (χ1v) is 11.8. The Hall–Kier alpha value is -1.75. The molecule has 0 aliphatic carbocycles. The standard InChI is InChI=1S/C12H17BO3.C6H7BO2.C6H14O3/c14-9-5-4-8-12-10-15-13(16-12)11-6-2-1-3-7-11;8-7(9)6-4-2-1-3-5-6;7-4-2-1-3-6(9)5-8/h1-3,6-7,12,14H,4-5,8-10H2;1-5,8-9H;6-9H,1-5H2. The summed E-state index contributed by atoms with van der Waals surface area (Å²) in [7, 11) is -1.55. The molecular formula is C24H38B2O8. The molecule has 10 heteroatoms. The van der Waals surface area contributed by atoms with Crippen molar-refractivity contribution in [3.05, 3.63) is 60.7 Å². The maximum atomic E-state index is 8.75. The second-order valence-corrected chi connectivity index (χ2v) is 7.89. The van der Waals surface area contributed by atoms with Crippen molar-refractivity contribution in [3.63, 3.8) is 0 Å². The SMILES string of the molecule is OB(O)c1ccccc1.OCCCCC(O)CO.OCCCCC1COB(c2ccccc2)O1. The van der Waals surface area contributed by atoms with Gasteiger partial charge in [0, 0.05) is 13.2 Å². The number of aliphatic hydroxyl groups excluding tert-OH is 4. The van der Waals surface area contributed by atoms with E-state index in [1.807, 2.05) is 36.4 Å². The van der Waals surface area contributed by atoms with E-state index in [0.29, 0.717) is 24.9 Å². The summed E-state index contributed by atoms with van der Waals surface area (Å²) in [6, 6.07) is 18.6. The lowest BCUT2D eigenvalue weighted by Crippen LogP contribution is -2.32. The van der Waals surface area contributed by atoms with Crippen LogP contribution in [-0.4, -0.2) is 83.3 Å². The second-order valence-electron chi connectivity index (χ2n) is 7.89. The largest absolute Gasteiger partial charge is 0.494 e. The van der Waals surface area contributed by atoms with Crippen LogP contribution in [0.4, 0.5) is 0 Å². The summed E-state index contributed by atoms with van der Waals surface area (Å²) in [5.74, 6) is 0. The minimum absolute atomic E-state index is 0.165. The fourth-order valence-electron chi connectivity index (χ4n) is 3.08. The molecular weight excluding hydrogens is 438 g/mol. The van der Waals surface area contributed by atoms with Gasteiger partial charge in [-0.3, -0.25) is 0 Å². The molecule has 0 amide bonds. The van der Waals surface area contributed by atoms with E-state index >= 15 is 0 Å². The normalized spacial score (nSPS) is 15.6. The van der Waals surface area contributed by atoms with E-state index in [1.165, 1.54) is 0 Å². The van der Waals surface area contributed by atoms with E-state index in [2.05, 4.69) is 0 Å². The highest BCUT2D eigenvalue weighted by atomic mass is 16.6. The minimum atomic E-state index is -1.34. The third kappa shape index (κ3) is 13.8. The molecule has 3 rings (SSSR count). The predicted molar refractivity (Wildman–Crippen MR) is 134 cm³/mol. The topological polar surface area (TPSA) is 140 Å². The fraction of sp³-hybridized carbons (Fsp3) is 0.500. The molecule has 1 saturated heterocycles. The van der Waals surface area contributed by atoms with Crippen LogP contribution in [0.5, 0.6) is 0 Å². The predicted octanol–water partition coefficient (Wildman–Crippen LogP) is -0.172. The molecule has 8 nitrogen and oxygen atoms in total. The zero-order valence-electron chi connectivity index (χ0n) is 19.7. The lowest BCUT2D eigenvalue weighted by atomic mass is 9.79. The number of benzene rings is 2. The average Bonchev–Trinajstić information content (AvgIpc) is 3.35. The average molecular weight is 476 g/mol. The van der Waals surface area contributed by atoms with Crippen molar-refractivity contribution in [2.45, 2.75) is 50.7 Å². The molecule has 1 aliphatic heterocycles. The third-order valence-corrected chi connectivity index (χ3v) is 5.01. The van der Waals surface area contributed by atoms with Crippen LogP contribution in [0.3, 0.4) is 0 Å². The first-order chi connectivity index (χ1) is 16.5. The summed E-state index contributed by atoms with van der Waals surface area (Å²) in [4.78, 5) is 0. The Labute approximate surface area is 203 Å². The van der Waals surface area contributed by atoms with Crippen molar-refractivity contribution in [1.29, 1.82) is 0 Å². The highest BCUT2D eigenvalue weighted by Gasteiger charge is 2.32. The highest BCUT2D eigenvalue weighted by molar-refractivity contribution is 6.61. The van der Waals surface area contributed by atoms with Crippen molar-refractivity contribution >= 4 is 25.2 Å². The summed E-state index contributed by atoms with van der Waals surface area (Å²) in [6.45, 7) is 0.907. The van der Waals surface area contributed by atoms with Crippen molar-refractivity contribution in [1.82, 2.24) is 0 Å². The van der Waals surface area contributed by atoms with Crippen LogP contribution in [-0.2, 0) is 9.31 Å². The van der Waals surface area contributed by atoms with Gasteiger partial charge in [0.25, 0.3) is 0 Å². The smallest absolute Gasteiger partial charge is 0.423 e. The van der Waals surface area contributed by atoms with Gasteiger partial charge in [-0.1, -0.05) is 60.7 Å². The molecule has 2 unspecified atom stereocenters. The van der Waals surface area contributed by atoms with Crippen molar-refractivity contribution in [3.8, 4) is 0 Å². The molecule has 2 aromatic carbocycles. The van der Waals surface area contributed by atoms with E-state index in [9.17, 15) is 0 Å². The molecule has 34 heavy (non-hydrogen) atoms. The van der Waals surface area contributed by atoms with Gasteiger partial charge in [0.1, 0.15) is 0 Å². The van der Waals surface area contributed by atoms with E-state index in [1.54, 1.807) is 24.3 Å². The number of hydrogen-bond donors (Lipinski definition) is 6. The maximum Gasteiger partial charge on any atom is 0.494 e. The molecule has 6 N–H and O–H groups in total. The number of aliphatic hydroxyl groups is 4. The van der Waals surface area contributed by atoms with E-state index < -0.39 is 13.2 Å². The van der Waals surface area contributed by atoms with E-state index in [4.69, 9.17) is 39.8 Å². The quantitative estimate of drug-likeness (QED) is 0.194. The van der Waals surface area contributed by atoms with Gasteiger partial charge in [-0.05, 0) is 49.5 Å². The molecule has 0 spiro atoms. The minimum Gasteiger partial charge on any atom is -0.423 e. The third-order valence-electron chi connectivity index (χ3n) is 5.01. The molecule has 2 aromatic rings. The number of rotatable bonds is 11. The summed E-state index contributed by atoms with van der Waals surface area (Å²) in [6.07, 6.45) is 4.44. The molecule has 0 aromatic heterocycles.